The molecule has 0 unspecified atom stereocenters. The van der Waals surface area contributed by atoms with Crippen molar-refractivity contribution < 1.29 is 4.79 Å². The van der Waals surface area contributed by atoms with E-state index in [0.29, 0.717) is 5.65 Å². The molecular formula is C16H11N5O. The van der Waals surface area contributed by atoms with Gasteiger partial charge in [0.25, 0.3) is 0 Å². The third kappa shape index (κ3) is 2.47. The topological polar surface area (TPSA) is 95.3 Å². The van der Waals surface area contributed by atoms with Crippen LogP contribution in [-0.2, 0) is 4.79 Å². The number of ketones is 1. The lowest BCUT2D eigenvalue weighted by Gasteiger charge is -2.03. The maximum atomic E-state index is 11.3. The van der Waals surface area contributed by atoms with E-state index in [0.717, 1.165) is 22.3 Å². The number of imidazole rings is 1. The maximum absolute atomic E-state index is 11.3. The molecule has 0 saturated carbocycles. The second-order valence-electron chi connectivity index (χ2n) is 4.67. The van der Waals surface area contributed by atoms with Crippen LogP contribution in [0.2, 0.25) is 0 Å². The molecule has 6 nitrogen and oxygen atoms in total. The fraction of sp³-hybridized carbons (Fsp3) is 0.0625. The number of aromatic amines is 1. The van der Waals surface area contributed by atoms with E-state index < -0.39 is 0 Å². The summed E-state index contributed by atoms with van der Waals surface area (Å²) in [6, 6.07) is 9.35. The zero-order valence-electron chi connectivity index (χ0n) is 11.7. The zero-order valence-corrected chi connectivity index (χ0v) is 11.7. The van der Waals surface area contributed by atoms with Crippen molar-refractivity contribution in [2.45, 2.75) is 6.92 Å². The highest BCUT2D eigenvalue weighted by molar-refractivity contribution is 6.01. The van der Waals surface area contributed by atoms with Gasteiger partial charge >= 0.3 is 0 Å². The van der Waals surface area contributed by atoms with E-state index in [1.165, 1.54) is 13.3 Å². The third-order valence-electron chi connectivity index (χ3n) is 3.19. The molecule has 0 fully saturated rings. The molecule has 1 aromatic carbocycles. The lowest BCUT2D eigenvalue weighted by atomic mass is 10.0. The van der Waals surface area contributed by atoms with Crippen molar-refractivity contribution >= 4 is 23.0 Å². The Bertz CT molecular complexity index is 933. The number of fused-ring (bicyclic) bond motifs is 1. The molecule has 0 aliphatic rings. The van der Waals surface area contributed by atoms with Crippen molar-refractivity contribution in [3.63, 3.8) is 0 Å². The van der Waals surface area contributed by atoms with E-state index in [2.05, 4.69) is 19.9 Å². The summed E-state index contributed by atoms with van der Waals surface area (Å²) < 4.78 is 0. The Hall–Kier alpha value is -3.33. The number of allylic oxidation sites excluding steroid dienone is 1. The van der Waals surface area contributed by atoms with Crippen molar-refractivity contribution in [2.24, 2.45) is 0 Å². The molecule has 0 radical (unpaired) electrons. The fourth-order valence-electron chi connectivity index (χ4n) is 2.14. The molecular weight excluding hydrogens is 278 g/mol. The van der Waals surface area contributed by atoms with Gasteiger partial charge in [0.15, 0.2) is 11.4 Å². The molecule has 2 heterocycles. The number of Topliss-reactive ketones (excluding diaryl/α,β-unsaturated/α-hetero) is 1. The van der Waals surface area contributed by atoms with Gasteiger partial charge in [0, 0.05) is 5.56 Å². The fourth-order valence-corrected chi connectivity index (χ4v) is 2.14. The summed E-state index contributed by atoms with van der Waals surface area (Å²) in [4.78, 5) is 26.8. The number of hydrogen-bond donors (Lipinski definition) is 1. The maximum Gasteiger partial charge on any atom is 0.181 e. The number of benzene rings is 1. The van der Waals surface area contributed by atoms with Gasteiger partial charge in [-0.1, -0.05) is 18.2 Å². The van der Waals surface area contributed by atoms with Crippen molar-refractivity contribution in [3.8, 4) is 17.3 Å². The Morgan fingerprint density at radius 1 is 1.32 bits per heavy atom. The van der Waals surface area contributed by atoms with Crippen LogP contribution in [0.3, 0.4) is 0 Å². The SMILES string of the molecule is CC(=O)/C(C#N)=C/c1cccc(-c2ncnc3nc[nH]c23)c1. The van der Waals surface area contributed by atoms with Crippen LogP contribution < -0.4 is 0 Å². The van der Waals surface area contributed by atoms with Gasteiger partial charge < -0.3 is 4.98 Å². The molecule has 0 amide bonds. The summed E-state index contributed by atoms with van der Waals surface area (Å²) in [6.07, 6.45) is 4.59. The van der Waals surface area contributed by atoms with E-state index >= 15 is 0 Å². The van der Waals surface area contributed by atoms with Gasteiger partial charge in [0.05, 0.1) is 17.6 Å². The highest BCUT2D eigenvalue weighted by Crippen LogP contribution is 2.24. The largest absolute Gasteiger partial charge is 0.341 e. The van der Waals surface area contributed by atoms with Gasteiger partial charge in [-0.2, -0.15) is 5.26 Å². The van der Waals surface area contributed by atoms with Crippen LogP contribution in [0.15, 0.2) is 42.5 Å². The third-order valence-corrected chi connectivity index (χ3v) is 3.19. The minimum absolute atomic E-state index is 0.117. The lowest BCUT2D eigenvalue weighted by molar-refractivity contribution is -0.113. The van der Waals surface area contributed by atoms with E-state index in [4.69, 9.17) is 5.26 Å². The molecule has 0 atom stereocenters. The summed E-state index contributed by atoms with van der Waals surface area (Å²) in [7, 11) is 0. The van der Waals surface area contributed by atoms with Gasteiger partial charge in [-0.25, -0.2) is 15.0 Å². The Kier molecular flexibility index (Phi) is 3.46. The van der Waals surface area contributed by atoms with Gasteiger partial charge in [-0.15, -0.1) is 0 Å². The molecule has 0 aliphatic carbocycles. The van der Waals surface area contributed by atoms with Crippen molar-refractivity contribution in [1.82, 2.24) is 19.9 Å². The monoisotopic (exact) mass is 289 g/mol. The first-order valence-corrected chi connectivity index (χ1v) is 6.56. The molecule has 0 bridgehead atoms. The molecule has 3 rings (SSSR count). The minimum Gasteiger partial charge on any atom is -0.341 e. The Labute approximate surface area is 126 Å². The number of nitriles is 1. The second kappa shape index (κ2) is 5.58. The molecule has 2 aromatic heterocycles. The predicted molar refractivity (Wildman–Crippen MR) is 81.4 cm³/mol. The average molecular weight is 289 g/mol. The van der Waals surface area contributed by atoms with E-state index in [1.807, 2.05) is 30.3 Å². The number of H-pyrrole nitrogens is 1. The van der Waals surface area contributed by atoms with Crippen LogP contribution in [0.1, 0.15) is 12.5 Å². The Morgan fingerprint density at radius 2 is 2.18 bits per heavy atom. The summed E-state index contributed by atoms with van der Waals surface area (Å²) in [5.74, 6) is -0.258. The molecule has 0 spiro atoms. The number of nitrogens with one attached hydrogen (secondary N) is 1. The van der Waals surface area contributed by atoms with Crippen LogP contribution in [0.4, 0.5) is 0 Å². The van der Waals surface area contributed by atoms with Gasteiger partial charge in [0.2, 0.25) is 0 Å². The number of carbonyl (C=O) groups is 1. The van der Waals surface area contributed by atoms with Crippen LogP contribution in [-0.4, -0.2) is 25.7 Å². The average Bonchev–Trinajstić information content (AvgIpc) is 3.01. The van der Waals surface area contributed by atoms with Gasteiger partial charge in [-0.3, -0.25) is 4.79 Å². The normalized spacial score (nSPS) is 11.4. The number of aromatic nitrogens is 4. The Morgan fingerprint density at radius 3 is 2.95 bits per heavy atom. The number of rotatable bonds is 3. The highest BCUT2D eigenvalue weighted by Gasteiger charge is 2.09. The first-order valence-electron chi connectivity index (χ1n) is 6.56. The van der Waals surface area contributed by atoms with Gasteiger partial charge in [-0.05, 0) is 24.6 Å². The lowest BCUT2D eigenvalue weighted by Crippen LogP contribution is -1.93. The quantitative estimate of drug-likeness (QED) is 0.590. The van der Waals surface area contributed by atoms with Crippen molar-refractivity contribution in [3.05, 3.63) is 48.1 Å². The van der Waals surface area contributed by atoms with E-state index in [1.54, 1.807) is 12.4 Å². The second-order valence-corrected chi connectivity index (χ2v) is 4.67. The summed E-state index contributed by atoms with van der Waals surface area (Å²) in [6.45, 7) is 1.37. The van der Waals surface area contributed by atoms with Crippen molar-refractivity contribution in [2.75, 3.05) is 0 Å². The molecule has 22 heavy (non-hydrogen) atoms. The van der Waals surface area contributed by atoms with E-state index in [-0.39, 0.29) is 11.4 Å². The Balaban J connectivity index is 2.11. The summed E-state index contributed by atoms with van der Waals surface area (Å²) >= 11 is 0. The summed E-state index contributed by atoms with van der Waals surface area (Å²) in [5.41, 5.74) is 3.79. The molecule has 0 aliphatic heterocycles. The molecule has 106 valence electrons. The molecule has 6 heteroatoms. The number of nitrogens with zero attached hydrogens (tertiary/aromatic N) is 4. The number of hydrogen-bond acceptors (Lipinski definition) is 5. The minimum atomic E-state index is -0.258. The van der Waals surface area contributed by atoms with Crippen LogP contribution >= 0.6 is 0 Å². The van der Waals surface area contributed by atoms with Crippen LogP contribution in [0, 0.1) is 11.3 Å². The standard InChI is InChI=1S/C16H11N5O/c1-10(22)13(7-17)6-11-3-2-4-12(5-11)14-15-16(20-8-18-14)21-9-19-15/h2-6,8-9H,1H3,(H,18,19,20,21)/b13-6+. The number of carbonyl (C=O) groups excluding carboxylic acids is 1. The first-order chi connectivity index (χ1) is 10.7. The van der Waals surface area contributed by atoms with Crippen LogP contribution in [0.5, 0.6) is 0 Å². The smallest absolute Gasteiger partial charge is 0.181 e. The zero-order chi connectivity index (χ0) is 15.5. The molecule has 3 aromatic rings. The molecule has 1 N–H and O–H groups in total. The summed E-state index contributed by atoms with van der Waals surface area (Å²) in [5, 5.41) is 8.98. The van der Waals surface area contributed by atoms with E-state index in [9.17, 15) is 4.79 Å². The van der Waals surface area contributed by atoms with Crippen LogP contribution in [0.25, 0.3) is 28.5 Å². The first kappa shape index (κ1) is 13.6. The highest BCUT2D eigenvalue weighted by atomic mass is 16.1. The molecule has 0 saturated heterocycles. The predicted octanol–water partition coefficient (Wildman–Crippen LogP) is 2.52. The van der Waals surface area contributed by atoms with Crippen molar-refractivity contribution in [1.29, 1.82) is 5.26 Å². The van der Waals surface area contributed by atoms with Gasteiger partial charge in [0.1, 0.15) is 17.9 Å².